The summed E-state index contributed by atoms with van der Waals surface area (Å²) in [6.07, 6.45) is 1.04. The van der Waals surface area contributed by atoms with Crippen LogP contribution < -0.4 is 4.90 Å². The van der Waals surface area contributed by atoms with Crippen molar-refractivity contribution in [2.45, 2.75) is 31.9 Å². The van der Waals surface area contributed by atoms with Crippen LogP contribution in [-0.2, 0) is 4.79 Å². The molecule has 19 heavy (non-hydrogen) atoms. The highest BCUT2D eigenvalue weighted by atomic mass is 16.3. The van der Waals surface area contributed by atoms with E-state index in [9.17, 15) is 9.90 Å². The Kier molecular flexibility index (Phi) is 4.10. The summed E-state index contributed by atoms with van der Waals surface area (Å²) in [6.45, 7) is 2.27. The molecular weight excluding hydrogens is 240 g/mol. The average molecular weight is 262 g/mol. The molecule has 0 radical (unpaired) electrons. The fraction of sp³-hybridized carbons (Fsp3) is 0.533. The molecule has 1 aromatic rings. The van der Waals surface area contributed by atoms with E-state index in [1.165, 1.54) is 6.92 Å². The van der Waals surface area contributed by atoms with Crippen molar-refractivity contribution >= 4 is 11.6 Å². The summed E-state index contributed by atoms with van der Waals surface area (Å²) >= 11 is 0. The van der Waals surface area contributed by atoms with Gasteiger partial charge in [-0.05, 0) is 37.5 Å². The van der Waals surface area contributed by atoms with Gasteiger partial charge in [-0.3, -0.25) is 4.79 Å². The normalized spacial score (nSPS) is 20.4. The van der Waals surface area contributed by atoms with E-state index in [1.54, 1.807) is 4.90 Å². The maximum atomic E-state index is 12.0. The zero-order valence-electron chi connectivity index (χ0n) is 11.8. The van der Waals surface area contributed by atoms with Crippen LogP contribution in [-0.4, -0.2) is 42.7 Å². The van der Waals surface area contributed by atoms with Crippen LogP contribution in [0.25, 0.3) is 0 Å². The number of anilines is 1. The van der Waals surface area contributed by atoms with Crippen LogP contribution >= 0.6 is 0 Å². The van der Waals surface area contributed by atoms with Gasteiger partial charge in [0, 0.05) is 26.3 Å². The minimum Gasteiger partial charge on any atom is -0.384 e. The molecule has 4 nitrogen and oxygen atoms in total. The van der Waals surface area contributed by atoms with Crippen molar-refractivity contribution in [3.8, 4) is 0 Å². The van der Waals surface area contributed by atoms with Gasteiger partial charge in [0.25, 0.3) is 5.91 Å². The Labute approximate surface area is 114 Å². The quantitative estimate of drug-likeness (QED) is 0.903. The lowest BCUT2D eigenvalue weighted by molar-refractivity contribution is -0.140. The summed E-state index contributed by atoms with van der Waals surface area (Å²) in [5, 5.41) is 9.49. The number of aliphatic hydroxyl groups excluding tert-OH is 1. The standard InChI is InChI=1S/C15H22N2O2/c1-11(18)15(19)17-9-5-8-14(17)12-6-4-7-13(10-12)16(2)3/h4,6-7,10-11,14,18H,5,8-9H2,1-3H3. The number of hydrogen-bond donors (Lipinski definition) is 1. The summed E-state index contributed by atoms with van der Waals surface area (Å²) in [7, 11) is 4.01. The maximum absolute atomic E-state index is 12.0. The fourth-order valence-electron chi connectivity index (χ4n) is 2.63. The van der Waals surface area contributed by atoms with E-state index >= 15 is 0 Å². The molecule has 1 amide bonds. The highest BCUT2D eigenvalue weighted by Crippen LogP contribution is 2.33. The van der Waals surface area contributed by atoms with Crippen molar-refractivity contribution < 1.29 is 9.90 Å². The first-order chi connectivity index (χ1) is 9.00. The fourth-order valence-corrected chi connectivity index (χ4v) is 2.63. The highest BCUT2D eigenvalue weighted by Gasteiger charge is 2.31. The first kappa shape index (κ1) is 13.9. The number of rotatable bonds is 3. The molecule has 2 unspecified atom stereocenters. The Bertz CT molecular complexity index is 457. The summed E-state index contributed by atoms with van der Waals surface area (Å²) < 4.78 is 0. The van der Waals surface area contributed by atoms with Crippen LogP contribution in [0.2, 0.25) is 0 Å². The lowest BCUT2D eigenvalue weighted by atomic mass is 10.0. The van der Waals surface area contributed by atoms with Gasteiger partial charge in [-0.15, -0.1) is 0 Å². The topological polar surface area (TPSA) is 43.8 Å². The van der Waals surface area contributed by atoms with E-state index in [2.05, 4.69) is 23.1 Å². The Balaban J connectivity index is 2.25. The van der Waals surface area contributed by atoms with Crippen LogP contribution in [0.1, 0.15) is 31.4 Å². The number of aliphatic hydroxyl groups is 1. The summed E-state index contributed by atoms with van der Waals surface area (Å²) in [5.74, 6) is -0.169. The molecule has 2 rings (SSSR count). The Hall–Kier alpha value is -1.55. The maximum Gasteiger partial charge on any atom is 0.251 e. The second-order valence-corrected chi connectivity index (χ2v) is 5.36. The minimum atomic E-state index is -0.919. The second-order valence-electron chi connectivity index (χ2n) is 5.36. The van der Waals surface area contributed by atoms with Crippen LogP contribution in [0.15, 0.2) is 24.3 Å². The average Bonchev–Trinajstić information content (AvgIpc) is 2.86. The van der Waals surface area contributed by atoms with Crippen molar-refractivity contribution in [2.75, 3.05) is 25.5 Å². The van der Waals surface area contributed by atoms with E-state index in [4.69, 9.17) is 0 Å². The molecule has 2 atom stereocenters. The van der Waals surface area contributed by atoms with Crippen molar-refractivity contribution in [3.05, 3.63) is 29.8 Å². The zero-order valence-corrected chi connectivity index (χ0v) is 11.8. The van der Waals surface area contributed by atoms with Crippen molar-refractivity contribution in [1.82, 2.24) is 4.90 Å². The van der Waals surface area contributed by atoms with Crippen LogP contribution in [0.5, 0.6) is 0 Å². The SMILES string of the molecule is CC(O)C(=O)N1CCCC1c1cccc(N(C)C)c1. The largest absolute Gasteiger partial charge is 0.384 e. The molecule has 1 fully saturated rings. The van der Waals surface area contributed by atoms with E-state index in [1.807, 2.05) is 20.2 Å². The molecule has 1 saturated heterocycles. The first-order valence-electron chi connectivity index (χ1n) is 6.76. The molecule has 104 valence electrons. The van der Waals surface area contributed by atoms with E-state index < -0.39 is 6.10 Å². The third kappa shape index (κ3) is 2.89. The highest BCUT2D eigenvalue weighted by molar-refractivity contribution is 5.81. The molecule has 4 heteroatoms. The van der Waals surface area contributed by atoms with Gasteiger partial charge in [0.15, 0.2) is 0 Å². The van der Waals surface area contributed by atoms with Gasteiger partial charge in [0.05, 0.1) is 6.04 Å². The Morgan fingerprint density at radius 2 is 2.21 bits per heavy atom. The van der Waals surface area contributed by atoms with Gasteiger partial charge in [-0.2, -0.15) is 0 Å². The molecule has 1 aliphatic rings. The molecular formula is C15H22N2O2. The number of carbonyl (C=O) groups excluding carboxylic acids is 1. The number of likely N-dealkylation sites (tertiary alicyclic amines) is 1. The molecule has 1 heterocycles. The number of nitrogens with zero attached hydrogens (tertiary/aromatic N) is 2. The van der Waals surface area contributed by atoms with Gasteiger partial charge in [0.1, 0.15) is 6.10 Å². The van der Waals surface area contributed by atoms with Crippen molar-refractivity contribution in [1.29, 1.82) is 0 Å². The lowest BCUT2D eigenvalue weighted by Gasteiger charge is -2.27. The van der Waals surface area contributed by atoms with Crippen LogP contribution in [0, 0.1) is 0 Å². The second kappa shape index (κ2) is 5.61. The number of benzene rings is 1. The third-order valence-corrected chi connectivity index (χ3v) is 3.66. The molecule has 1 N–H and O–H groups in total. The molecule has 0 aliphatic carbocycles. The summed E-state index contributed by atoms with van der Waals surface area (Å²) in [5.41, 5.74) is 2.28. The smallest absolute Gasteiger partial charge is 0.251 e. The van der Waals surface area contributed by atoms with Gasteiger partial charge in [0.2, 0.25) is 0 Å². The predicted octanol–water partition coefficient (Wildman–Crippen LogP) is 1.80. The molecule has 0 bridgehead atoms. The summed E-state index contributed by atoms with van der Waals surface area (Å²) in [6, 6.07) is 8.36. The van der Waals surface area contributed by atoms with Gasteiger partial charge in [-0.1, -0.05) is 12.1 Å². The van der Waals surface area contributed by atoms with Crippen LogP contribution in [0.3, 0.4) is 0 Å². The monoisotopic (exact) mass is 262 g/mol. The van der Waals surface area contributed by atoms with E-state index in [0.29, 0.717) is 0 Å². The Morgan fingerprint density at radius 1 is 1.47 bits per heavy atom. The third-order valence-electron chi connectivity index (χ3n) is 3.66. The predicted molar refractivity (Wildman–Crippen MR) is 76.1 cm³/mol. The number of hydrogen-bond acceptors (Lipinski definition) is 3. The number of carbonyl (C=O) groups is 1. The molecule has 0 saturated carbocycles. The lowest BCUT2D eigenvalue weighted by Crippen LogP contribution is -2.37. The van der Waals surface area contributed by atoms with Crippen molar-refractivity contribution in [2.24, 2.45) is 0 Å². The van der Waals surface area contributed by atoms with Crippen molar-refractivity contribution in [3.63, 3.8) is 0 Å². The first-order valence-corrected chi connectivity index (χ1v) is 6.76. The van der Waals surface area contributed by atoms with Gasteiger partial charge in [-0.25, -0.2) is 0 Å². The summed E-state index contributed by atoms with van der Waals surface area (Å²) in [4.78, 5) is 15.9. The van der Waals surface area contributed by atoms with Crippen LogP contribution in [0.4, 0.5) is 5.69 Å². The molecule has 0 spiro atoms. The van der Waals surface area contributed by atoms with Gasteiger partial charge >= 0.3 is 0 Å². The zero-order chi connectivity index (χ0) is 14.0. The molecule has 1 aromatic carbocycles. The van der Waals surface area contributed by atoms with E-state index in [-0.39, 0.29) is 11.9 Å². The Morgan fingerprint density at radius 3 is 2.84 bits per heavy atom. The van der Waals surface area contributed by atoms with E-state index in [0.717, 1.165) is 30.6 Å². The molecule has 0 aromatic heterocycles. The number of amides is 1. The van der Waals surface area contributed by atoms with Gasteiger partial charge < -0.3 is 14.9 Å². The minimum absolute atomic E-state index is 0.0991. The molecule has 1 aliphatic heterocycles.